The number of rotatable bonds is 2. The highest BCUT2D eigenvalue weighted by Gasteiger charge is 2.15. The third kappa shape index (κ3) is 3.34. The fraction of sp³-hybridized carbons (Fsp3) is 0.364. The van der Waals surface area contributed by atoms with Crippen LogP contribution in [-0.2, 0) is 9.59 Å². The molecule has 0 aliphatic heterocycles. The van der Waals surface area contributed by atoms with Crippen molar-refractivity contribution >= 4 is 17.6 Å². The second-order valence-electron chi connectivity index (χ2n) is 3.75. The van der Waals surface area contributed by atoms with Gasteiger partial charge in [0.25, 0.3) is 0 Å². The first kappa shape index (κ1) is 12.2. The predicted octanol–water partition coefficient (Wildman–Crippen LogP) is 0.853. The molecule has 2 amide bonds. The van der Waals surface area contributed by atoms with Crippen LogP contribution in [0.15, 0.2) is 18.3 Å². The number of aryl methyl sites for hydroxylation is 1. The quantitative estimate of drug-likeness (QED) is 0.727. The summed E-state index contributed by atoms with van der Waals surface area (Å²) in [4.78, 5) is 26.7. The summed E-state index contributed by atoms with van der Waals surface area (Å²) in [5.74, 6) is -0.943. The van der Waals surface area contributed by atoms with Gasteiger partial charge >= 0.3 is 11.8 Å². The molecule has 1 heterocycles. The van der Waals surface area contributed by atoms with Crippen LogP contribution in [-0.4, -0.2) is 22.8 Å². The van der Waals surface area contributed by atoms with Crippen LogP contribution in [0.25, 0.3) is 0 Å². The Morgan fingerprint density at radius 3 is 2.56 bits per heavy atom. The third-order valence-electron chi connectivity index (χ3n) is 1.87. The van der Waals surface area contributed by atoms with E-state index in [1.807, 2.05) is 13.0 Å². The number of nitrogens with one attached hydrogen (secondary N) is 2. The number of pyridine rings is 1. The van der Waals surface area contributed by atoms with Crippen molar-refractivity contribution in [1.82, 2.24) is 10.3 Å². The number of anilines is 1. The number of amides is 2. The van der Waals surface area contributed by atoms with Crippen LogP contribution in [0, 0.1) is 6.92 Å². The van der Waals surface area contributed by atoms with Crippen LogP contribution in [0.4, 0.5) is 5.82 Å². The van der Waals surface area contributed by atoms with Gasteiger partial charge in [0.2, 0.25) is 0 Å². The Kier molecular flexibility index (Phi) is 3.99. The summed E-state index contributed by atoms with van der Waals surface area (Å²) >= 11 is 0. The average Bonchev–Trinajstić information content (AvgIpc) is 2.20. The fourth-order valence-electron chi connectivity index (χ4n) is 1.11. The Balaban J connectivity index is 2.65. The third-order valence-corrected chi connectivity index (χ3v) is 1.87. The van der Waals surface area contributed by atoms with Crippen molar-refractivity contribution in [3.63, 3.8) is 0 Å². The fourth-order valence-corrected chi connectivity index (χ4v) is 1.11. The predicted molar refractivity (Wildman–Crippen MR) is 60.9 cm³/mol. The molecule has 0 radical (unpaired) electrons. The maximum absolute atomic E-state index is 11.4. The average molecular weight is 221 g/mol. The first-order chi connectivity index (χ1) is 7.50. The Hall–Kier alpha value is -1.91. The molecule has 1 rings (SSSR count). The van der Waals surface area contributed by atoms with Gasteiger partial charge in [-0.3, -0.25) is 9.59 Å². The summed E-state index contributed by atoms with van der Waals surface area (Å²) in [7, 11) is 0. The molecule has 0 saturated carbocycles. The zero-order valence-corrected chi connectivity index (χ0v) is 9.57. The van der Waals surface area contributed by atoms with Crippen LogP contribution in [0.5, 0.6) is 0 Å². The lowest BCUT2D eigenvalue weighted by Crippen LogP contribution is -2.39. The van der Waals surface area contributed by atoms with Gasteiger partial charge in [-0.1, -0.05) is 6.07 Å². The lowest BCUT2D eigenvalue weighted by atomic mass is 10.3. The van der Waals surface area contributed by atoms with E-state index in [9.17, 15) is 9.59 Å². The van der Waals surface area contributed by atoms with E-state index >= 15 is 0 Å². The summed E-state index contributed by atoms with van der Waals surface area (Å²) < 4.78 is 0. The summed E-state index contributed by atoms with van der Waals surface area (Å²) in [6, 6.07) is 3.50. The Morgan fingerprint density at radius 2 is 2.00 bits per heavy atom. The minimum atomic E-state index is -0.699. The number of nitrogens with zero attached hydrogens (tertiary/aromatic N) is 1. The van der Waals surface area contributed by atoms with Gasteiger partial charge in [-0.15, -0.1) is 0 Å². The molecule has 1 aromatic rings. The maximum Gasteiger partial charge on any atom is 0.314 e. The monoisotopic (exact) mass is 221 g/mol. The molecule has 0 spiro atoms. The van der Waals surface area contributed by atoms with Gasteiger partial charge in [0.15, 0.2) is 0 Å². The van der Waals surface area contributed by atoms with Gasteiger partial charge in [-0.2, -0.15) is 0 Å². The lowest BCUT2D eigenvalue weighted by Gasteiger charge is -2.09. The summed E-state index contributed by atoms with van der Waals surface area (Å²) in [5, 5.41) is 4.96. The highest BCUT2D eigenvalue weighted by atomic mass is 16.2. The number of hydrogen-bond donors (Lipinski definition) is 2. The Labute approximate surface area is 94.3 Å². The van der Waals surface area contributed by atoms with Crippen LogP contribution < -0.4 is 10.6 Å². The van der Waals surface area contributed by atoms with Crippen molar-refractivity contribution in [2.45, 2.75) is 26.8 Å². The zero-order valence-electron chi connectivity index (χ0n) is 9.57. The van der Waals surface area contributed by atoms with E-state index < -0.39 is 11.8 Å². The molecule has 16 heavy (non-hydrogen) atoms. The Bertz CT molecular complexity index is 402. The minimum Gasteiger partial charge on any atom is -0.346 e. The van der Waals surface area contributed by atoms with Crippen LogP contribution >= 0.6 is 0 Å². The van der Waals surface area contributed by atoms with Crippen molar-refractivity contribution in [2.24, 2.45) is 0 Å². The minimum absolute atomic E-state index is 0.0666. The van der Waals surface area contributed by atoms with E-state index in [1.165, 1.54) is 0 Å². The van der Waals surface area contributed by atoms with Crippen molar-refractivity contribution in [1.29, 1.82) is 0 Å². The van der Waals surface area contributed by atoms with Crippen molar-refractivity contribution < 1.29 is 9.59 Å². The largest absolute Gasteiger partial charge is 0.346 e. The van der Waals surface area contributed by atoms with E-state index in [4.69, 9.17) is 0 Å². The van der Waals surface area contributed by atoms with E-state index in [0.29, 0.717) is 5.82 Å². The SMILES string of the molecule is Cc1cccnc1NC(=O)C(=O)NC(C)C. The van der Waals surface area contributed by atoms with Crippen LogP contribution in [0.3, 0.4) is 0 Å². The highest BCUT2D eigenvalue weighted by molar-refractivity contribution is 6.39. The molecule has 86 valence electrons. The van der Waals surface area contributed by atoms with Gasteiger partial charge < -0.3 is 10.6 Å². The normalized spacial score (nSPS) is 10.0. The van der Waals surface area contributed by atoms with Gasteiger partial charge in [-0.05, 0) is 32.4 Å². The second kappa shape index (κ2) is 5.25. The Morgan fingerprint density at radius 1 is 1.31 bits per heavy atom. The smallest absolute Gasteiger partial charge is 0.314 e. The summed E-state index contributed by atoms with van der Waals surface area (Å²) in [5.41, 5.74) is 0.813. The lowest BCUT2D eigenvalue weighted by molar-refractivity contribution is -0.136. The molecule has 0 unspecified atom stereocenters. The first-order valence-corrected chi connectivity index (χ1v) is 5.04. The van der Waals surface area contributed by atoms with E-state index in [2.05, 4.69) is 15.6 Å². The van der Waals surface area contributed by atoms with E-state index in [-0.39, 0.29) is 6.04 Å². The molecular formula is C11H15N3O2. The van der Waals surface area contributed by atoms with E-state index in [0.717, 1.165) is 5.56 Å². The molecule has 0 aliphatic rings. The second-order valence-corrected chi connectivity index (χ2v) is 3.75. The molecule has 0 saturated heterocycles. The molecule has 0 bridgehead atoms. The number of hydrogen-bond acceptors (Lipinski definition) is 3. The molecular weight excluding hydrogens is 206 g/mol. The molecule has 0 fully saturated rings. The maximum atomic E-state index is 11.4. The standard InChI is InChI=1S/C11H15N3O2/c1-7(2)13-10(15)11(16)14-9-8(3)5-4-6-12-9/h4-7H,1-3H3,(H,13,15)(H,12,14,16). The molecule has 1 aromatic heterocycles. The molecule has 5 nitrogen and oxygen atoms in total. The molecule has 0 aliphatic carbocycles. The van der Waals surface area contributed by atoms with Crippen molar-refractivity contribution in [2.75, 3.05) is 5.32 Å². The number of aromatic nitrogens is 1. The summed E-state index contributed by atoms with van der Waals surface area (Å²) in [6.07, 6.45) is 1.56. The van der Waals surface area contributed by atoms with Gasteiger partial charge in [-0.25, -0.2) is 4.98 Å². The summed E-state index contributed by atoms with van der Waals surface area (Å²) in [6.45, 7) is 5.39. The molecule has 2 N–H and O–H groups in total. The van der Waals surface area contributed by atoms with Gasteiger partial charge in [0.05, 0.1) is 0 Å². The van der Waals surface area contributed by atoms with Crippen LogP contribution in [0.1, 0.15) is 19.4 Å². The molecule has 0 atom stereocenters. The number of carbonyl (C=O) groups excluding carboxylic acids is 2. The molecule has 5 heteroatoms. The topological polar surface area (TPSA) is 71.1 Å². The van der Waals surface area contributed by atoms with Crippen LogP contribution in [0.2, 0.25) is 0 Å². The van der Waals surface area contributed by atoms with Gasteiger partial charge in [0.1, 0.15) is 5.82 Å². The molecule has 0 aromatic carbocycles. The zero-order chi connectivity index (χ0) is 12.1. The van der Waals surface area contributed by atoms with Crippen molar-refractivity contribution in [3.05, 3.63) is 23.9 Å². The van der Waals surface area contributed by atoms with Crippen molar-refractivity contribution in [3.8, 4) is 0 Å². The highest BCUT2D eigenvalue weighted by Crippen LogP contribution is 2.08. The van der Waals surface area contributed by atoms with Gasteiger partial charge in [0, 0.05) is 12.2 Å². The first-order valence-electron chi connectivity index (χ1n) is 5.04. The van der Waals surface area contributed by atoms with E-state index in [1.54, 1.807) is 26.1 Å². The number of carbonyl (C=O) groups is 2.